The van der Waals surface area contributed by atoms with Gasteiger partial charge in [0.15, 0.2) is 5.58 Å². The van der Waals surface area contributed by atoms with Gasteiger partial charge in [0.25, 0.3) is 0 Å². The average molecular weight is 404 g/mol. The van der Waals surface area contributed by atoms with Gasteiger partial charge in [-0.05, 0) is 29.8 Å². The Labute approximate surface area is 168 Å². The third-order valence-corrected chi connectivity index (χ3v) is 3.84. The molecule has 7 nitrogen and oxygen atoms in total. The topological polar surface area (TPSA) is 75.9 Å². The molecule has 0 saturated heterocycles. The van der Waals surface area contributed by atoms with Crippen LogP contribution in [0.2, 0.25) is 5.02 Å². The van der Waals surface area contributed by atoms with Crippen LogP contribution in [-0.4, -0.2) is 55.7 Å². The summed E-state index contributed by atoms with van der Waals surface area (Å²) in [5, 5.41) is 5.70. The maximum absolute atomic E-state index is 11.6. The van der Waals surface area contributed by atoms with E-state index in [1.165, 1.54) is 9.80 Å². The van der Waals surface area contributed by atoms with Crippen LogP contribution >= 0.6 is 11.6 Å². The third-order valence-electron chi connectivity index (χ3n) is 3.58. The summed E-state index contributed by atoms with van der Waals surface area (Å²) in [6.07, 6.45) is 0.950. The first-order valence-electron chi connectivity index (χ1n) is 8.43. The summed E-state index contributed by atoms with van der Waals surface area (Å²) < 4.78 is 10.6. The monoisotopic (exact) mass is 403 g/mol. The van der Waals surface area contributed by atoms with E-state index in [1.54, 1.807) is 40.3 Å². The van der Waals surface area contributed by atoms with Crippen LogP contribution in [0.3, 0.4) is 0 Å². The van der Waals surface area contributed by atoms with Gasteiger partial charge in [-0.3, -0.25) is 4.79 Å². The molecule has 0 atom stereocenters. The average Bonchev–Trinajstić information content (AvgIpc) is 3.06. The molecule has 0 saturated carbocycles. The van der Waals surface area contributed by atoms with Crippen LogP contribution in [0, 0.1) is 0 Å². The van der Waals surface area contributed by atoms with Crippen molar-refractivity contribution in [1.82, 2.24) is 15.0 Å². The lowest BCUT2D eigenvalue weighted by atomic mass is 10.1. The summed E-state index contributed by atoms with van der Waals surface area (Å²) in [5.74, 6) is 0.422. The number of rotatable bonds is 4. The smallest absolute Gasteiger partial charge is 0.410 e. The first-order chi connectivity index (χ1) is 13.3. The molecule has 1 heterocycles. The molecule has 2 aromatic carbocycles. The predicted octanol–water partition coefficient (Wildman–Crippen LogP) is 3.84. The van der Waals surface area contributed by atoms with Crippen LogP contribution in [0.4, 0.5) is 4.79 Å². The first-order valence-corrected chi connectivity index (χ1v) is 8.81. The van der Waals surface area contributed by atoms with Crippen molar-refractivity contribution in [3.05, 3.63) is 58.7 Å². The molecule has 0 aliphatic carbocycles. The normalized spacial score (nSPS) is 10.0. The number of halogens is 1. The zero-order chi connectivity index (χ0) is 20.7. The lowest BCUT2D eigenvalue weighted by Gasteiger charge is -2.10. The summed E-state index contributed by atoms with van der Waals surface area (Å²) in [5.41, 5.74) is 2.50. The number of hydrogen-bond donors (Lipinski definition) is 0. The van der Waals surface area contributed by atoms with Crippen molar-refractivity contribution in [2.75, 3.05) is 28.2 Å². The van der Waals surface area contributed by atoms with Crippen LogP contribution in [-0.2, 0) is 11.2 Å². The molecule has 3 rings (SSSR count). The van der Waals surface area contributed by atoms with E-state index in [4.69, 9.17) is 20.9 Å². The molecule has 0 unspecified atom stereocenters. The van der Waals surface area contributed by atoms with E-state index in [2.05, 4.69) is 5.16 Å². The highest BCUT2D eigenvalue weighted by Gasteiger charge is 2.12. The van der Waals surface area contributed by atoms with Gasteiger partial charge < -0.3 is 19.1 Å². The molecule has 1 aromatic heterocycles. The van der Waals surface area contributed by atoms with Crippen LogP contribution in [0.5, 0.6) is 5.75 Å². The Bertz CT molecular complexity index is 936. The van der Waals surface area contributed by atoms with Gasteiger partial charge in [0.2, 0.25) is 6.41 Å². The summed E-state index contributed by atoms with van der Waals surface area (Å²) in [6.45, 7) is 0. The SMILES string of the molecule is CN(C)C(=O)Oc1ccc2c(Cc3ccc(Cl)cc3)noc2c1.CN(C)C=O. The lowest BCUT2D eigenvalue weighted by molar-refractivity contribution is -0.115. The fourth-order valence-corrected chi connectivity index (χ4v) is 2.27. The molecule has 0 aliphatic rings. The number of ether oxygens (including phenoxy) is 1. The number of nitrogens with zero attached hydrogens (tertiary/aromatic N) is 3. The number of fused-ring (bicyclic) bond motifs is 1. The number of hydrogen-bond acceptors (Lipinski definition) is 5. The van der Waals surface area contributed by atoms with Gasteiger partial charge in [0, 0.05) is 51.1 Å². The van der Waals surface area contributed by atoms with Gasteiger partial charge in [0.1, 0.15) is 5.75 Å². The van der Waals surface area contributed by atoms with E-state index in [0.717, 1.165) is 23.1 Å². The lowest BCUT2D eigenvalue weighted by Crippen LogP contribution is -2.25. The molecule has 2 amide bonds. The van der Waals surface area contributed by atoms with Gasteiger partial charge >= 0.3 is 6.09 Å². The van der Waals surface area contributed by atoms with E-state index in [0.29, 0.717) is 22.8 Å². The maximum Gasteiger partial charge on any atom is 0.414 e. The number of benzene rings is 2. The Balaban J connectivity index is 0.000000500. The van der Waals surface area contributed by atoms with Gasteiger partial charge in [-0.2, -0.15) is 0 Å². The summed E-state index contributed by atoms with van der Waals surface area (Å²) in [7, 11) is 6.62. The summed E-state index contributed by atoms with van der Waals surface area (Å²) >= 11 is 5.89. The molecule has 8 heteroatoms. The molecular weight excluding hydrogens is 382 g/mol. The van der Waals surface area contributed by atoms with Crippen molar-refractivity contribution < 1.29 is 18.8 Å². The summed E-state index contributed by atoms with van der Waals surface area (Å²) in [4.78, 5) is 23.8. The van der Waals surface area contributed by atoms with Gasteiger partial charge in [-0.15, -0.1) is 0 Å². The Kier molecular flexibility index (Phi) is 7.40. The van der Waals surface area contributed by atoms with Crippen LogP contribution < -0.4 is 4.74 Å². The fourth-order valence-electron chi connectivity index (χ4n) is 2.15. The number of carbonyl (C=O) groups excluding carboxylic acids is 2. The highest BCUT2D eigenvalue weighted by atomic mass is 35.5. The second kappa shape index (κ2) is 9.75. The van der Waals surface area contributed by atoms with E-state index in [9.17, 15) is 9.59 Å². The second-order valence-electron chi connectivity index (χ2n) is 6.42. The standard InChI is InChI=1S/C17H15ClN2O3.C3H7NO/c1-20(2)17(21)22-13-7-8-14-15(19-23-16(14)10-13)9-11-3-5-12(18)6-4-11;1-4(2)3-5/h3-8,10H,9H2,1-2H3;3H,1-2H3. The van der Waals surface area contributed by atoms with Crippen molar-refractivity contribution >= 4 is 35.1 Å². The van der Waals surface area contributed by atoms with E-state index in [-0.39, 0.29) is 0 Å². The van der Waals surface area contributed by atoms with Crippen LogP contribution in [0.25, 0.3) is 11.0 Å². The minimum Gasteiger partial charge on any atom is -0.410 e. The highest BCUT2D eigenvalue weighted by Crippen LogP contribution is 2.26. The molecule has 0 fully saturated rings. The molecular formula is C20H22ClN3O4. The zero-order valence-corrected chi connectivity index (χ0v) is 16.9. The van der Waals surface area contributed by atoms with Crippen molar-refractivity contribution in [3.63, 3.8) is 0 Å². The van der Waals surface area contributed by atoms with E-state index < -0.39 is 6.09 Å². The second-order valence-corrected chi connectivity index (χ2v) is 6.86. The minimum absolute atomic E-state index is 0.422. The van der Waals surface area contributed by atoms with Gasteiger partial charge in [-0.1, -0.05) is 28.9 Å². The van der Waals surface area contributed by atoms with Crippen molar-refractivity contribution in [2.24, 2.45) is 0 Å². The van der Waals surface area contributed by atoms with Gasteiger partial charge in [-0.25, -0.2) is 4.79 Å². The van der Waals surface area contributed by atoms with Crippen molar-refractivity contribution in [3.8, 4) is 5.75 Å². The van der Waals surface area contributed by atoms with Crippen LogP contribution in [0.15, 0.2) is 47.0 Å². The highest BCUT2D eigenvalue weighted by molar-refractivity contribution is 6.30. The van der Waals surface area contributed by atoms with E-state index in [1.807, 2.05) is 30.3 Å². The molecule has 0 radical (unpaired) electrons. The molecule has 0 N–H and O–H groups in total. The molecule has 0 spiro atoms. The van der Waals surface area contributed by atoms with Crippen LogP contribution in [0.1, 0.15) is 11.3 Å². The van der Waals surface area contributed by atoms with Crippen molar-refractivity contribution in [1.29, 1.82) is 0 Å². The molecule has 0 aliphatic heterocycles. The predicted molar refractivity (Wildman–Crippen MR) is 108 cm³/mol. The molecule has 28 heavy (non-hydrogen) atoms. The largest absolute Gasteiger partial charge is 0.414 e. The molecule has 3 aromatic rings. The Morgan fingerprint density at radius 1 is 1.14 bits per heavy atom. The molecule has 148 valence electrons. The first kappa shape index (κ1) is 21.2. The van der Waals surface area contributed by atoms with E-state index >= 15 is 0 Å². The van der Waals surface area contributed by atoms with Crippen molar-refractivity contribution in [2.45, 2.75) is 6.42 Å². The van der Waals surface area contributed by atoms with Gasteiger partial charge in [0.05, 0.1) is 5.69 Å². The Morgan fingerprint density at radius 3 is 2.36 bits per heavy atom. The molecule has 0 bridgehead atoms. The Morgan fingerprint density at radius 2 is 1.79 bits per heavy atom. The minimum atomic E-state index is -0.440. The number of amides is 2. The summed E-state index contributed by atoms with van der Waals surface area (Å²) in [6, 6.07) is 12.8. The zero-order valence-electron chi connectivity index (χ0n) is 16.2. The quantitative estimate of drug-likeness (QED) is 0.618. The number of aromatic nitrogens is 1. The Hall–Kier alpha value is -3.06. The fraction of sp³-hybridized carbons (Fsp3) is 0.250. The third kappa shape index (κ3) is 5.99. The number of carbonyl (C=O) groups is 2. The maximum atomic E-state index is 11.6.